The zero-order valence-corrected chi connectivity index (χ0v) is 11.7. The number of anilines is 2. The van der Waals surface area contributed by atoms with Gasteiger partial charge in [0, 0.05) is 19.6 Å². The average Bonchev–Trinajstić information content (AvgIpc) is 2.35. The van der Waals surface area contributed by atoms with Crippen molar-refractivity contribution in [3.8, 4) is 6.01 Å². The summed E-state index contributed by atoms with van der Waals surface area (Å²) in [5, 5.41) is 6.06. The molecule has 0 radical (unpaired) electrons. The van der Waals surface area contributed by atoms with Gasteiger partial charge < -0.3 is 20.3 Å². The Bertz CT molecular complexity index is 371. The second kappa shape index (κ2) is 6.95. The van der Waals surface area contributed by atoms with E-state index in [1.807, 2.05) is 21.0 Å². The van der Waals surface area contributed by atoms with E-state index in [4.69, 9.17) is 4.74 Å². The highest BCUT2D eigenvalue weighted by Gasteiger charge is 2.08. The highest BCUT2D eigenvalue weighted by molar-refractivity contribution is 5.35. The van der Waals surface area contributed by atoms with Crippen LogP contribution in [0.2, 0.25) is 0 Å². The Morgan fingerprint density at radius 1 is 1.22 bits per heavy atom. The fourth-order valence-corrected chi connectivity index (χ4v) is 1.16. The van der Waals surface area contributed by atoms with Crippen molar-refractivity contribution in [2.75, 3.05) is 44.9 Å². The highest BCUT2D eigenvalue weighted by atomic mass is 16.5. The van der Waals surface area contributed by atoms with E-state index in [1.54, 1.807) is 7.05 Å². The third kappa shape index (κ3) is 4.33. The molecule has 0 amide bonds. The van der Waals surface area contributed by atoms with Crippen LogP contribution in [0.4, 0.5) is 11.9 Å². The van der Waals surface area contributed by atoms with E-state index < -0.39 is 0 Å². The fourth-order valence-electron chi connectivity index (χ4n) is 1.16. The zero-order valence-electron chi connectivity index (χ0n) is 11.7. The molecule has 2 N–H and O–H groups in total. The first-order chi connectivity index (χ1) is 8.56. The molecular weight excluding hydrogens is 232 g/mol. The van der Waals surface area contributed by atoms with Crippen molar-refractivity contribution in [3.05, 3.63) is 0 Å². The highest BCUT2D eigenvalue weighted by Crippen LogP contribution is 2.10. The van der Waals surface area contributed by atoms with Crippen LogP contribution < -0.4 is 15.4 Å². The van der Waals surface area contributed by atoms with Gasteiger partial charge in [0.1, 0.15) is 0 Å². The summed E-state index contributed by atoms with van der Waals surface area (Å²) in [5.74, 6) is 1.01. The molecule has 0 spiro atoms. The van der Waals surface area contributed by atoms with Gasteiger partial charge in [0.2, 0.25) is 11.9 Å². The molecule has 0 aliphatic heterocycles. The minimum absolute atomic E-state index is 0.330. The molecular formula is C11H22N6O. The normalized spacial score (nSPS) is 12.3. The lowest BCUT2D eigenvalue weighted by Gasteiger charge is -2.20. The van der Waals surface area contributed by atoms with Crippen molar-refractivity contribution < 1.29 is 4.74 Å². The van der Waals surface area contributed by atoms with Crippen LogP contribution in [0.1, 0.15) is 13.8 Å². The third-order valence-corrected chi connectivity index (χ3v) is 2.55. The van der Waals surface area contributed by atoms with E-state index in [0.29, 0.717) is 30.6 Å². The largest absolute Gasteiger partial charge is 0.464 e. The van der Waals surface area contributed by atoms with E-state index in [9.17, 15) is 0 Å². The smallest absolute Gasteiger partial charge is 0.323 e. The van der Waals surface area contributed by atoms with Gasteiger partial charge in [-0.2, -0.15) is 15.0 Å². The van der Waals surface area contributed by atoms with Crippen LogP contribution in [0.25, 0.3) is 0 Å². The fraction of sp³-hybridized carbons (Fsp3) is 0.727. The van der Waals surface area contributed by atoms with Crippen molar-refractivity contribution in [2.24, 2.45) is 0 Å². The molecule has 7 heteroatoms. The lowest BCUT2D eigenvalue weighted by Crippen LogP contribution is -2.32. The molecule has 1 aromatic heterocycles. The second-order valence-electron chi connectivity index (χ2n) is 4.14. The first kappa shape index (κ1) is 14.4. The van der Waals surface area contributed by atoms with E-state index in [1.165, 1.54) is 0 Å². The van der Waals surface area contributed by atoms with Crippen molar-refractivity contribution in [1.29, 1.82) is 0 Å². The Labute approximate surface area is 108 Å². The molecule has 0 saturated heterocycles. The molecule has 7 nitrogen and oxygen atoms in total. The molecule has 1 rings (SSSR count). The number of hydrogen-bond acceptors (Lipinski definition) is 7. The number of aromatic nitrogens is 3. The van der Waals surface area contributed by atoms with Crippen molar-refractivity contribution in [3.63, 3.8) is 0 Å². The minimum Gasteiger partial charge on any atom is -0.464 e. The summed E-state index contributed by atoms with van der Waals surface area (Å²) in [6.07, 6.45) is 0. The van der Waals surface area contributed by atoms with Crippen LogP contribution in [-0.2, 0) is 0 Å². The van der Waals surface area contributed by atoms with Gasteiger partial charge >= 0.3 is 6.01 Å². The maximum atomic E-state index is 5.29. The average molecular weight is 254 g/mol. The Morgan fingerprint density at radius 2 is 1.89 bits per heavy atom. The lowest BCUT2D eigenvalue weighted by atomic mass is 10.3. The Balaban J connectivity index is 2.71. The van der Waals surface area contributed by atoms with Crippen LogP contribution in [0.15, 0.2) is 0 Å². The van der Waals surface area contributed by atoms with Crippen LogP contribution in [0, 0.1) is 0 Å². The standard InChI is InChI=1S/C11H22N6O/c1-6-18-11-15-9(12-3)14-10(16-11)13-7-8(2)17(4)5/h8H,6-7H2,1-5H3,(H2,12,13,14,15,16). The predicted molar refractivity (Wildman–Crippen MR) is 72.2 cm³/mol. The molecule has 0 bridgehead atoms. The Hall–Kier alpha value is -1.63. The monoisotopic (exact) mass is 254 g/mol. The van der Waals surface area contributed by atoms with Crippen molar-refractivity contribution in [1.82, 2.24) is 19.9 Å². The Morgan fingerprint density at radius 3 is 2.44 bits per heavy atom. The SMILES string of the molecule is CCOc1nc(NC)nc(NCC(C)N(C)C)n1. The molecule has 0 saturated carbocycles. The molecule has 1 aromatic rings. The van der Waals surface area contributed by atoms with Gasteiger partial charge in [-0.3, -0.25) is 0 Å². The molecule has 0 aliphatic carbocycles. The molecule has 0 aromatic carbocycles. The maximum absolute atomic E-state index is 5.29. The summed E-state index contributed by atoms with van der Waals surface area (Å²) < 4.78 is 5.29. The van der Waals surface area contributed by atoms with Gasteiger partial charge in [-0.05, 0) is 27.9 Å². The van der Waals surface area contributed by atoms with Gasteiger partial charge in [0.15, 0.2) is 0 Å². The molecule has 1 atom stereocenters. The molecule has 0 aliphatic rings. The van der Waals surface area contributed by atoms with Gasteiger partial charge in [-0.25, -0.2) is 0 Å². The van der Waals surface area contributed by atoms with E-state index in [2.05, 4.69) is 37.4 Å². The van der Waals surface area contributed by atoms with Gasteiger partial charge in [0.25, 0.3) is 0 Å². The van der Waals surface area contributed by atoms with E-state index in [0.717, 1.165) is 6.54 Å². The topological polar surface area (TPSA) is 75.2 Å². The number of likely N-dealkylation sites (N-methyl/N-ethyl adjacent to an activating group) is 1. The Kier molecular flexibility index (Phi) is 5.57. The lowest BCUT2D eigenvalue weighted by molar-refractivity contribution is 0.311. The molecule has 0 fully saturated rings. The van der Waals surface area contributed by atoms with Crippen LogP contribution in [0.5, 0.6) is 6.01 Å². The molecule has 1 unspecified atom stereocenters. The summed E-state index contributed by atoms with van der Waals surface area (Å²) >= 11 is 0. The first-order valence-electron chi connectivity index (χ1n) is 6.03. The zero-order chi connectivity index (χ0) is 13.5. The van der Waals surface area contributed by atoms with Crippen molar-refractivity contribution >= 4 is 11.9 Å². The molecule has 102 valence electrons. The van der Waals surface area contributed by atoms with Gasteiger partial charge in [-0.15, -0.1) is 0 Å². The number of nitrogens with one attached hydrogen (secondary N) is 2. The summed E-state index contributed by atoms with van der Waals surface area (Å²) in [7, 11) is 5.83. The van der Waals surface area contributed by atoms with Crippen LogP contribution >= 0.6 is 0 Å². The third-order valence-electron chi connectivity index (χ3n) is 2.55. The maximum Gasteiger partial charge on any atom is 0.323 e. The van der Waals surface area contributed by atoms with Gasteiger partial charge in [-0.1, -0.05) is 0 Å². The second-order valence-corrected chi connectivity index (χ2v) is 4.14. The van der Waals surface area contributed by atoms with E-state index >= 15 is 0 Å². The number of hydrogen-bond donors (Lipinski definition) is 2. The predicted octanol–water partition coefficient (Wildman–Crippen LogP) is 0.674. The van der Waals surface area contributed by atoms with E-state index in [-0.39, 0.29) is 0 Å². The number of nitrogens with zero attached hydrogens (tertiary/aromatic N) is 4. The summed E-state index contributed by atoms with van der Waals surface area (Å²) in [5.41, 5.74) is 0. The number of rotatable bonds is 7. The van der Waals surface area contributed by atoms with Crippen LogP contribution in [-0.4, -0.2) is 60.2 Å². The summed E-state index contributed by atoms with van der Waals surface area (Å²) in [6.45, 7) is 5.30. The quantitative estimate of drug-likeness (QED) is 0.740. The van der Waals surface area contributed by atoms with Crippen LogP contribution in [0.3, 0.4) is 0 Å². The number of ether oxygens (including phenoxy) is 1. The summed E-state index contributed by atoms with van der Waals surface area (Å²) in [4.78, 5) is 14.6. The van der Waals surface area contributed by atoms with Crippen molar-refractivity contribution in [2.45, 2.75) is 19.9 Å². The minimum atomic E-state index is 0.330. The van der Waals surface area contributed by atoms with Gasteiger partial charge in [0.05, 0.1) is 6.61 Å². The first-order valence-corrected chi connectivity index (χ1v) is 6.03. The summed E-state index contributed by atoms with van der Waals surface area (Å²) in [6, 6.07) is 0.715. The molecule has 1 heterocycles. The molecule has 18 heavy (non-hydrogen) atoms.